The van der Waals surface area contributed by atoms with Crippen LogP contribution in [0.5, 0.6) is 0 Å². The maximum Gasteiger partial charge on any atom is 0.0205 e. The minimum Gasteiger partial charge on any atom is -0.313 e. The van der Waals surface area contributed by atoms with E-state index in [-0.39, 0.29) is 0 Å². The first-order valence-electron chi connectivity index (χ1n) is 5.27. The number of halogens is 1. The predicted molar refractivity (Wildman–Crippen MR) is 73.5 cm³/mol. The lowest BCUT2D eigenvalue weighted by Gasteiger charge is -2.04. The van der Waals surface area contributed by atoms with Crippen molar-refractivity contribution in [1.29, 1.82) is 0 Å². The highest BCUT2D eigenvalue weighted by molar-refractivity contribution is 9.10. The lowest BCUT2D eigenvalue weighted by molar-refractivity contribution is 0.644. The molecular formula is C12H18BrNS. The lowest BCUT2D eigenvalue weighted by Crippen LogP contribution is -2.14. The number of nitrogens with one attached hydrogen (secondary N) is 1. The Labute approximate surface area is 105 Å². The Balaban J connectivity index is 2.10. The fourth-order valence-corrected chi connectivity index (χ4v) is 2.32. The Morgan fingerprint density at radius 3 is 2.93 bits per heavy atom. The molecular weight excluding hydrogens is 270 g/mol. The average Bonchev–Trinajstić information content (AvgIpc) is 2.23. The van der Waals surface area contributed by atoms with Gasteiger partial charge in [0, 0.05) is 11.0 Å². The van der Waals surface area contributed by atoms with Gasteiger partial charge >= 0.3 is 0 Å². The highest BCUT2D eigenvalue weighted by atomic mass is 79.9. The van der Waals surface area contributed by atoms with E-state index in [0.717, 1.165) is 17.6 Å². The molecule has 0 heterocycles. The fraction of sp³-hybridized carbons (Fsp3) is 0.500. The molecule has 0 spiro atoms. The van der Waals surface area contributed by atoms with Crippen molar-refractivity contribution in [3.8, 4) is 0 Å². The van der Waals surface area contributed by atoms with Crippen LogP contribution in [0, 0.1) is 0 Å². The van der Waals surface area contributed by atoms with Gasteiger partial charge in [-0.15, -0.1) is 0 Å². The summed E-state index contributed by atoms with van der Waals surface area (Å²) in [5, 5.41) is 3.46. The van der Waals surface area contributed by atoms with Crippen molar-refractivity contribution in [2.45, 2.75) is 19.4 Å². The largest absolute Gasteiger partial charge is 0.313 e. The second kappa shape index (κ2) is 8.20. The van der Waals surface area contributed by atoms with Crippen LogP contribution < -0.4 is 5.32 Å². The third kappa shape index (κ3) is 6.23. The van der Waals surface area contributed by atoms with Crippen LogP contribution in [0.15, 0.2) is 28.7 Å². The zero-order valence-corrected chi connectivity index (χ0v) is 11.5. The first-order chi connectivity index (χ1) is 7.33. The molecule has 0 bridgehead atoms. The normalized spacial score (nSPS) is 10.5. The topological polar surface area (TPSA) is 12.0 Å². The molecule has 0 saturated carbocycles. The minimum atomic E-state index is 0.971. The number of rotatable bonds is 7. The molecule has 0 atom stereocenters. The van der Waals surface area contributed by atoms with Gasteiger partial charge in [-0.2, -0.15) is 11.8 Å². The van der Waals surface area contributed by atoms with Crippen molar-refractivity contribution in [3.05, 3.63) is 34.3 Å². The van der Waals surface area contributed by atoms with Gasteiger partial charge in [0.2, 0.25) is 0 Å². The molecule has 3 heteroatoms. The van der Waals surface area contributed by atoms with Crippen LogP contribution in [0.2, 0.25) is 0 Å². The van der Waals surface area contributed by atoms with Gasteiger partial charge in [-0.3, -0.25) is 0 Å². The molecule has 0 amide bonds. The molecule has 84 valence electrons. The molecule has 1 aromatic rings. The van der Waals surface area contributed by atoms with Crippen molar-refractivity contribution in [1.82, 2.24) is 5.32 Å². The molecule has 0 aliphatic rings. The van der Waals surface area contributed by atoms with E-state index in [9.17, 15) is 0 Å². The van der Waals surface area contributed by atoms with Crippen LogP contribution in [0.25, 0.3) is 0 Å². The molecule has 0 aromatic heterocycles. The highest BCUT2D eigenvalue weighted by Crippen LogP contribution is 2.11. The molecule has 0 aliphatic heterocycles. The Kier molecular flexibility index (Phi) is 7.14. The number of thioether (sulfide) groups is 1. The van der Waals surface area contributed by atoms with E-state index in [1.165, 1.54) is 24.2 Å². The van der Waals surface area contributed by atoms with Gasteiger partial charge in [0.25, 0.3) is 0 Å². The standard InChI is InChI=1S/C12H18BrNS/c1-15-8-3-2-7-14-10-11-5-4-6-12(13)9-11/h4-6,9,14H,2-3,7-8,10H2,1H3. The van der Waals surface area contributed by atoms with Crippen molar-refractivity contribution < 1.29 is 0 Å². The van der Waals surface area contributed by atoms with E-state index in [1.54, 1.807) is 0 Å². The van der Waals surface area contributed by atoms with E-state index >= 15 is 0 Å². The molecule has 0 radical (unpaired) electrons. The molecule has 0 fully saturated rings. The van der Waals surface area contributed by atoms with E-state index in [1.807, 2.05) is 11.8 Å². The summed E-state index contributed by atoms with van der Waals surface area (Å²) in [6.45, 7) is 2.09. The van der Waals surface area contributed by atoms with Gasteiger partial charge in [-0.25, -0.2) is 0 Å². The van der Waals surface area contributed by atoms with Crippen LogP contribution in [-0.2, 0) is 6.54 Å². The second-order valence-corrected chi connectivity index (χ2v) is 5.41. The van der Waals surface area contributed by atoms with Crippen LogP contribution in [0.3, 0.4) is 0 Å². The molecule has 0 saturated heterocycles. The van der Waals surface area contributed by atoms with Crippen molar-refractivity contribution in [2.24, 2.45) is 0 Å². The minimum absolute atomic E-state index is 0.971. The van der Waals surface area contributed by atoms with Gasteiger partial charge in [0.15, 0.2) is 0 Å². The number of hydrogen-bond donors (Lipinski definition) is 1. The second-order valence-electron chi connectivity index (χ2n) is 3.51. The van der Waals surface area contributed by atoms with E-state index in [2.05, 4.69) is 51.8 Å². The SMILES string of the molecule is CSCCCCNCc1cccc(Br)c1. The molecule has 15 heavy (non-hydrogen) atoms. The summed E-state index contributed by atoms with van der Waals surface area (Å²) in [6, 6.07) is 8.45. The molecule has 0 aliphatic carbocycles. The summed E-state index contributed by atoms with van der Waals surface area (Å²) < 4.78 is 1.16. The van der Waals surface area contributed by atoms with E-state index < -0.39 is 0 Å². The fourth-order valence-electron chi connectivity index (χ4n) is 1.38. The maximum atomic E-state index is 3.47. The van der Waals surface area contributed by atoms with E-state index in [4.69, 9.17) is 0 Å². The van der Waals surface area contributed by atoms with Crippen molar-refractivity contribution >= 4 is 27.7 Å². The first kappa shape index (κ1) is 13.1. The zero-order valence-electron chi connectivity index (χ0n) is 9.13. The third-order valence-electron chi connectivity index (χ3n) is 2.17. The molecule has 0 unspecified atom stereocenters. The summed E-state index contributed by atoms with van der Waals surface area (Å²) in [5.74, 6) is 1.28. The molecule has 1 aromatic carbocycles. The van der Waals surface area contributed by atoms with Gasteiger partial charge in [-0.05, 0) is 49.1 Å². The van der Waals surface area contributed by atoms with Gasteiger partial charge in [-0.1, -0.05) is 28.1 Å². The van der Waals surface area contributed by atoms with Gasteiger partial charge in [0.05, 0.1) is 0 Å². The van der Waals surface area contributed by atoms with Crippen LogP contribution >= 0.6 is 27.7 Å². The zero-order chi connectivity index (χ0) is 10.9. The smallest absolute Gasteiger partial charge is 0.0205 e. The molecule has 1 rings (SSSR count). The number of hydrogen-bond acceptors (Lipinski definition) is 2. The number of unbranched alkanes of at least 4 members (excludes halogenated alkanes) is 1. The first-order valence-corrected chi connectivity index (χ1v) is 7.45. The lowest BCUT2D eigenvalue weighted by atomic mass is 10.2. The molecule has 1 N–H and O–H groups in total. The summed E-state index contributed by atoms with van der Waals surface area (Å²) >= 11 is 5.40. The maximum absolute atomic E-state index is 3.47. The Bertz CT molecular complexity index is 278. The highest BCUT2D eigenvalue weighted by Gasteiger charge is 1.93. The quantitative estimate of drug-likeness (QED) is 0.768. The Hall–Kier alpha value is 0.01000. The summed E-state index contributed by atoms with van der Waals surface area (Å²) in [7, 11) is 0. The monoisotopic (exact) mass is 287 g/mol. The van der Waals surface area contributed by atoms with Crippen LogP contribution in [0.1, 0.15) is 18.4 Å². The predicted octanol–water partition coefficient (Wildman–Crippen LogP) is 3.68. The summed E-state index contributed by atoms with van der Waals surface area (Å²) in [6.07, 6.45) is 4.75. The van der Waals surface area contributed by atoms with E-state index in [0.29, 0.717) is 0 Å². The Morgan fingerprint density at radius 1 is 1.33 bits per heavy atom. The Morgan fingerprint density at radius 2 is 2.20 bits per heavy atom. The third-order valence-corrected chi connectivity index (χ3v) is 3.36. The van der Waals surface area contributed by atoms with Gasteiger partial charge < -0.3 is 5.32 Å². The number of benzene rings is 1. The summed E-state index contributed by atoms with van der Waals surface area (Å²) in [4.78, 5) is 0. The van der Waals surface area contributed by atoms with Gasteiger partial charge in [0.1, 0.15) is 0 Å². The average molecular weight is 288 g/mol. The molecule has 1 nitrogen and oxygen atoms in total. The van der Waals surface area contributed by atoms with Crippen LogP contribution in [0.4, 0.5) is 0 Å². The van der Waals surface area contributed by atoms with Crippen LogP contribution in [-0.4, -0.2) is 18.6 Å². The van der Waals surface area contributed by atoms with Crippen molar-refractivity contribution in [2.75, 3.05) is 18.6 Å². The van der Waals surface area contributed by atoms with Crippen molar-refractivity contribution in [3.63, 3.8) is 0 Å². The summed E-state index contributed by atoms with van der Waals surface area (Å²) in [5.41, 5.74) is 1.34.